The highest BCUT2D eigenvalue weighted by Gasteiger charge is 2.22. The van der Waals surface area contributed by atoms with E-state index in [2.05, 4.69) is 20.8 Å². The number of amides is 1. The first-order valence-corrected chi connectivity index (χ1v) is 10.6. The van der Waals surface area contributed by atoms with Crippen LogP contribution in [0.2, 0.25) is 0 Å². The average Bonchev–Trinajstić information content (AvgIpc) is 3.23. The molecule has 0 bridgehead atoms. The number of anilines is 1. The fraction of sp³-hybridized carbons (Fsp3) is 0.333. The molecule has 0 N–H and O–H groups in total. The van der Waals surface area contributed by atoms with Gasteiger partial charge in [-0.1, -0.05) is 11.3 Å². The second-order valence-corrected chi connectivity index (χ2v) is 9.52. The molecule has 0 radical (unpaired) electrons. The number of fused-ring (bicyclic) bond motifs is 1. The van der Waals surface area contributed by atoms with E-state index in [4.69, 9.17) is 9.72 Å². The molecule has 0 aliphatic carbocycles. The number of ether oxygens (including phenoxy) is 1. The molecule has 8 heteroatoms. The summed E-state index contributed by atoms with van der Waals surface area (Å²) in [4.78, 5) is 22.4. The van der Waals surface area contributed by atoms with Crippen molar-refractivity contribution in [1.82, 2.24) is 9.88 Å². The summed E-state index contributed by atoms with van der Waals surface area (Å²) in [6.45, 7) is 1.54. The molecule has 2 heterocycles. The Labute approximate surface area is 169 Å². The lowest BCUT2D eigenvalue weighted by molar-refractivity contribution is 0.0990. The van der Waals surface area contributed by atoms with E-state index in [1.165, 1.54) is 22.7 Å². The van der Waals surface area contributed by atoms with Gasteiger partial charge in [0.2, 0.25) is 0 Å². The van der Waals surface area contributed by atoms with Crippen LogP contribution in [0.5, 0.6) is 5.75 Å². The highest BCUT2D eigenvalue weighted by Crippen LogP contribution is 2.33. The quantitative estimate of drug-likeness (QED) is 0.518. The Bertz CT molecular complexity index is 907. The largest absolute Gasteiger partial charge is 0.497 e. The molecule has 0 atom stereocenters. The van der Waals surface area contributed by atoms with Gasteiger partial charge in [-0.3, -0.25) is 9.69 Å². The highest BCUT2D eigenvalue weighted by atomic mass is 79.9. The lowest BCUT2D eigenvalue weighted by Crippen LogP contribution is -2.32. The Hall–Kier alpha value is -1.48. The van der Waals surface area contributed by atoms with Crippen molar-refractivity contribution >= 4 is 59.9 Å². The molecule has 0 saturated heterocycles. The third-order valence-corrected chi connectivity index (χ3v) is 6.50. The first-order valence-electron chi connectivity index (χ1n) is 8.14. The Morgan fingerprint density at radius 2 is 2.00 bits per heavy atom. The number of benzene rings is 1. The van der Waals surface area contributed by atoms with Crippen LogP contribution in [0.3, 0.4) is 0 Å². The smallest absolute Gasteiger partial charge is 0.270 e. The van der Waals surface area contributed by atoms with Gasteiger partial charge < -0.3 is 9.64 Å². The summed E-state index contributed by atoms with van der Waals surface area (Å²) in [5, 5.41) is 0.724. The SMILES string of the molecule is COc1ccc2sc(N(CCCN(C)C)C(=O)c3ccc(Br)s3)nc2c1. The van der Waals surface area contributed by atoms with Crippen molar-refractivity contribution < 1.29 is 9.53 Å². The van der Waals surface area contributed by atoms with Crippen molar-refractivity contribution in [3.05, 3.63) is 39.0 Å². The van der Waals surface area contributed by atoms with Crippen LogP contribution < -0.4 is 9.64 Å². The van der Waals surface area contributed by atoms with Gasteiger partial charge in [0, 0.05) is 12.6 Å². The number of carbonyl (C=O) groups excluding carboxylic acids is 1. The van der Waals surface area contributed by atoms with Crippen LogP contribution in [0.4, 0.5) is 5.13 Å². The maximum absolute atomic E-state index is 13.1. The summed E-state index contributed by atoms with van der Waals surface area (Å²) < 4.78 is 7.27. The topological polar surface area (TPSA) is 45.7 Å². The minimum absolute atomic E-state index is 0.00882. The molecular weight excluding hydrogens is 434 g/mol. The molecule has 0 fully saturated rings. The van der Waals surface area contributed by atoms with Gasteiger partial charge in [0.1, 0.15) is 5.75 Å². The summed E-state index contributed by atoms with van der Waals surface area (Å²) in [5.74, 6) is 0.757. The van der Waals surface area contributed by atoms with E-state index in [1.807, 2.05) is 44.4 Å². The molecule has 0 unspecified atom stereocenters. The van der Waals surface area contributed by atoms with Gasteiger partial charge in [-0.2, -0.15) is 0 Å². The van der Waals surface area contributed by atoms with Crippen LogP contribution >= 0.6 is 38.6 Å². The minimum Gasteiger partial charge on any atom is -0.497 e. The highest BCUT2D eigenvalue weighted by molar-refractivity contribution is 9.11. The maximum Gasteiger partial charge on any atom is 0.270 e. The molecule has 1 amide bonds. The Morgan fingerprint density at radius 3 is 2.65 bits per heavy atom. The second kappa shape index (κ2) is 8.47. The van der Waals surface area contributed by atoms with E-state index in [0.717, 1.165) is 37.8 Å². The number of thiazole rings is 1. The zero-order valence-corrected chi connectivity index (χ0v) is 18.1. The third kappa shape index (κ3) is 4.43. The van der Waals surface area contributed by atoms with Crippen LogP contribution in [0, 0.1) is 0 Å². The van der Waals surface area contributed by atoms with E-state index in [-0.39, 0.29) is 5.91 Å². The maximum atomic E-state index is 13.1. The van der Waals surface area contributed by atoms with E-state index >= 15 is 0 Å². The summed E-state index contributed by atoms with van der Waals surface area (Å²) in [6, 6.07) is 9.56. The number of aromatic nitrogens is 1. The van der Waals surface area contributed by atoms with Gasteiger partial charge in [-0.25, -0.2) is 4.98 Å². The van der Waals surface area contributed by atoms with Crippen molar-refractivity contribution in [2.45, 2.75) is 6.42 Å². The van der Waals surface area contributed by atoms with Crippen LogP contribution in [-0.4, -0.2) is 50.1 Å². The third-order valence-electron chi connectivity index (χ3n) is 3.83. The van der Waals surface area contributed by atoms with E-state index in [9.17, 15) is 4.79 Å². The molecule has 26 heavy (non-hydrogen) atoms. The first-order chi connectivity index (χ1) is 12.5. The zero-order valence-electron chi connectivity index (χ0n) is 14.9. The van der Waals surface area contributed by atoms with Gasteiger partial charge >= 0.3 is 0 Å². The van der Waals surface area contributed by atoms with Gasteiger partial charge in [0.05, 0.1) is 26.0 Å². The van der Waals surface area contributed by atoms with Crippen molar-refractivity contribution in [3.8, 4) is 5.75 Å². The zero-order chi connectivity index (χ0) is 18.7. The number of thiophene rings is 1. The standard InChI is InChI=1S/C18H20BrN3O2S2/c1-21(2)9-4-10-22(17(23)15-7-8-16(19)25-15)18-20-13-11-12(24-3)5-6-14(13)26-18/h5-8,11H,4,9-10H2,1-3H3. The number of nitrogens with zero attached hydrogens (tertiary/aromatic N) is 3. The molecule has 1 aromatic carbocycles. The molecule has 2 aromatic heterocycles. The number of methoxy groups -OCH3 is 1. The number of carbonyl (C=O) groups is 1. The van der Waals surface area contributed by atoms with Crippen molar-refractivity contribution in [2.24, 2.45) is 0 Å². The molecule has 5 nitrogen and oxygen atoms in total. The lowest BCUT2D eigenvalue weighted by Gasteiger charge is -2.20. The fourth-order valence-corrected chi connectivity index (χ4v) is 4.83. The Morgan fingerprint density at radius 1 is 1.19 bits per heavy atom. The van der Waals surface area contributed by atoms with Crippen LogP contribution in [-0.2, 0) is 0 Å². The van der Waals surface area contributed by atoms with Gasteiger partial charge in [-0.05, 0) is 67.3 Å². The van der Waals surface area contributed by atoms with Gasteiger partial charge in [0.25, 0.3) is 5.91 Å². The molecule has 138 valence electrons. The molecule has 0 aliphatic heterocycles. The van der Waals surface area contributed by atoms with E-state index in [0.29, 0.717) is 11.4 Å². The first kappa shape index (κ1) is 19.3. The Balaban J connectivity index is 1.92. The van der Waals surface area contributed by atoms with Crippen LogP contribution in [0.15, 0.2) is 34.1 Å². The summed E-state index contributed by atoms with van der Waals surface area (Å²) in [6.07, 6.45) is 0.879. The van der Waals surface area contributed by atoms with E-state index in [1.54, 1.807) is 12.0 Å². The predicted octanol–water partition coefficient (Wildman–Crippen LogP) is 4.73. The normalized spacial score (nSPS) is 11.3. The minimum atomic E-state index is -0.00882. The van der Waals surface area contributed by atoms with E-state index < -0.39 is 0 Å². The van der Waals surface area contributed by atoms with Crippen molar-refractivity contribution in [2.75, 3.05) is 39.2 Å². The number of halogens is 1. The van der Waals surface area contributed by atoms with Crippen molar-refractivity contribution in [1.29, 1.82) is 0 Å². The summed E-state index contributed by atoms with van der Waals surface area (Å²) in [7, 11) is 5.71. The number of rotatable bonds is 7. The second-order valence-electron chi connectivity index (χ2n) is 6.05. The van der Waals surface area contributed by atoms with Crippen LogP contribution in [0.25, 0.3) is 10.2 Å². The Kier molecular flexibility index (Phi) is 6.29. The van der Waals surface area contributed by atoms with Crippen LogP contribution in [0.1, 0.15) is 16.1 Å². The monoisotopic (exact) mass is 453 g/mol. The number of hydrogen-bond donors (Lipinski definition) is 0. The average molecular weight is 454 g/mol. The van der Waals surface area contributed by atoms with Gasteiger partial charge in [-0.15, -0.1) is 11.3 Å². The summed E-state index contributed by atoms with van der Waals surface area (Å²) >= 11 is 6.41. The molecular formula is C18H20BrN3O2S2. The summed E-state index contributed by atoms with van der Waals surface area (Å²) in [5.41, 5.74) is 0.849. The molecule has 3 rings (SSSR count). The molecule has 0 aliphatic rings. The fourth-order valence-electron chi connectivity index (χ4n) is 2.53. The van der Waals surface area contributed by atoms with Gasteiger partial charge in [0.15, 0.2) is 5.13 Å². The molecule has 0 saturated carbocycles. The lowest BCUT2D eigenvalue weighted by atomic mass is 10.3. The molecule has 0 spiro atoms. The van der Waals surface area contributed by atoms with Crippen molar-refractivity contribution in [3.63, 3.8) is 0 Å². The molecule has 3 aromatic rings. The number of hydrogen-bond acceptors (Lipinski definition) is 6. The predicted molar refractivity (Wildman–Crippen MR) is 113 cm³/mol.